The van der Waals surface area contributed by atoms with E-state index in [1.807, 2.05) is 38.0 Å². The standard InChI is InChI=1S/C15H18N4/c1-18(2)14-6-4-13(5-7-14)17-10-12-8-15(9-16)19(3)11-12/h4-8,11,17H,10H2,1-3H3. The molecule has 0 spiro atoms. The fourth-order valence-electron chi connectivity index (χ4n) is 1.92. The lowest BCUT2D eigenvalue weighted by molar-refractivity contribution is 0.902. The summed E-state index contributed by atoms with van der Waals surface area (Å²) >= 11 is 0. The van der Waals surface area contributed by atoms with Crippen molar-refractivity contribution < 1.29 is 0 Å². The second-order valence-electron chi connectivity index (χ2n) is 4.75. The van der Waals surface area contributed by atoms with Crippen molar-refractivity contribution in [2.45, 2.75) is 6.54 Å². The smallest absolute Gasteiger partial charge is 0.120 e. The molecule has 1 heterocycles. The van der Waals surface area contributed by atoms with Crippen molar-refractivity contribution in [2.24, 2.45) is 7.05 Å². The topological polar surface area (TPSA) is 44.0 Å². The minimum Gasteiger partial charge on any atom is -0.381 e. The highest BCUT2D eigenvalue weighted by atomic mass is 15.1. The molecule has 0 saturated carbocycles. The fraction of sp³-hybridized carbons (Fsp3) is 0.267. The lowest BCUT2D eigenvalue weighted by Gasteiger charge is -2.13. The minimum atomic E-state index is 0.680. The Labute approximate surface area is 113 Å². The number of benzene rings is 1. The Morgan fingerprint density at radius 3 is 2.47 bits per heavy atom. The molecule has 0 saturated heterocycles. The summed E-state index contributed by atoms with van der Waals surface area (Å²) in [5, 5.41) is 12.3. The molecule has 0 amide bonds. The van der Waals surface area contributed by atoms with Crippen molar-refractivity contribution in [1.82, 2.24) is 4.57 Å². The molecular formula is C15H18N4. The third kappa shape index (κ3) is 3.08. The van der Waals surface area contributed by atoms with Gasteiger partial charge in [0.05, 0.1) is 0 Å². The van der Waals surface area contributed by atoms with Gasteiger partial charge >= 0.3 is 0 Å². The summed E-state index contributed by atoms with van der Waals surface area (Å²) in [5.41, 5.74) is 4.04. The fourth-order valence-corrected chi connectivity index (χ4v) is 1.92. The van der Waals surface area contributed by atoms with Crippen molar-refractivity contribution in [1.29, 1.82) is 5.26 Å². The molecule has 19 heavy (non-hydrogen) atoms. The molecule has 0 atom stereocenters. The predicted molar refractivity (Wildman–Crippen MR) is 78.2 cm³/mol. The first-order chi connectivity index (χ1) is 9.10. The maximum atomic E-state index is 8.90. The van der Waals surface area contributed by atoms with E-state index in [0.717, 1.165) is 17.8 Å². The number of nitriles is 1. The van der Waals surface area contributed by atoms with Crippen molar-refractivity contribution in [2.75, 3.05) is 24.3 Å². The summed E-state index contributed by atoms with van der Waals surface area (Å²) in [6.07, 6.45) is 1.97. The number of hydrogen-bond acceptors (Lipinski definition) is 3. The molecule has 0 aliphatic rings. The summed E-state index contributed by atoms with van der Waals surface area (Å²) in [7, 11) is 5.93. The third-order valence-corrected chi connectivity index (χ3v) is 3.06. The number of aryl methyl sites for hydroxylation is 1. The van der Waals surface area contributed by atoms with Crippen LogP contribution in [0.3, 0.4) is 0 Å². The van der Waals surface area contributed by atoms with Crippen LogP contribution >= 0.6 is 0 Å². The largest absolute Gasteiger partial charge is 0.381 e. The Morgan fingerprint density at radius 1 is 1.26 bits per heavy atom. The Kier molecular flexibility index (Phi) is 3.76. The Balaban J connectivity index is 2.00. The van der Waals surface area contributed by atoms with E-state index >= 15 is 0 Å². The maximum Gasteiger partial charge on any atom is 0.120 e. The number of rotatable bonds is 4. The molecule has 0 aliphatic heterocycles. The molecule has 0 unspecified atom stereocenters. The van der Waals surface area contributed by atoms with Crippen LogP contribution in [0.5, 0.6) is 0 Å². The highest BCUT2D eigenvalue weighted by Gasteiger charge is 2.02. The van der Waals surface area contributed by atoms with Crippen LogP contribution < -0.4 is 10.2 Å². The predicted octanol–water partition coefficient (Wildman–Crippen LogP) is 2.57. The van der Waals surface area contributed by atoms with Gasteiger partial charge in [-0.3, -0.25) is 0 Å². The van der Waals surface area contributed by atoms with Gasteiger partial charge in [-0.05, 0) is 35.9 Å². The van der Waals surface area contributed by atoms with E-state index < -0.39 is 0 Å². The first-order valence-corrected chi connectivity index (χ1v) is 6.17. The zero-order valence-electron chi connectivity index (χ0n) is 11.5. The molecule has 1 N–H and O–H groups in total. The quantitative estimate of drug-likeness (QED) is 0.912. The molecule has 98 valence electrons. The molecule has 0 bridgehead atoms. The van der Waals surface area contributed by atoms with Crippen molar-refractivity contribution in [3.8, 4) is 6.07 Å². The van der Waals surface area contributed by atoms with Gasteiger partial charge < -0.3 is 14.8 Å². The van der Waals surface area contributed by atoms with Crippen LogP contribution in [0.25, 0.3) is 0 Å². The molecule has 0 fully saturated rings. The minimum absolute atomic E-state index is 0.680. The van der Waals surface area contributed by atoms with Crippen molar-refractivity contribution in [3.05, 3.63) is 47.8 Å². The highest BCUT2D eigenvalue weighted by Crippen LogP contribution is 2.16. The average Bonchev–Trinajstić information content (AvgIpc) is 2.77. The lowest BCUT2D eigenvalue weighted by Crippen LogP contribution is -2.08. The van der Waals surface area contributed by atoms with Gasteiger partial charge in [0.1, 0.15) is 11.8 Å². The number of hydrogen-bond donors (Lipinski definition) is 1. The molecule has 4 nitrogen and oxygen atoms in total. The third-order valence-electron chi connectivity index (χ3n) is 3.06. The van der Waals surface area contributed by atoms with Crippen LogP contribution in [-0.4, -0.2) is 18.7 Å². The molecule has 0 radical (unpaired) electrons. The molecule has 1 aromatic heterocycles. The first-order valence-electron chi connectivity index (χ1n) is 6.17. The van der Waals surface area contributed by atoms with E-state index in [4.69, 9.17) is 5.26 Å². The highest BCUT2D eigenvalue weighted by molar-refractivity contribution is 5.54. The second-order valence-corrected chi connectivity index (χ2v) is 4.75. The summed E-state index contributed by atoms with van der Waals surface area (Å²) < 4.78 is 1.84. The van der Waals surface area contributed by atoms with Crippen molar-refractivity contribution >= 4 is 11.4 Å². The van der Waals surface area contributed by atoms with Crippen LogP contribution in [-0.2, 0) is 13.6 Å². The zero-order valence-corrected chi connectivity index (χ0v) is 11.5. The van der Waals surface area contributed by atoms with Crippen LogP contribution in [0.4, 0.5) is 11.4 Å². The molecule has 0 aliphatic carbocycles. The van der Waals surface area contributed by atoms with Gasteiger partial charge in [0.2, 0.25) is 0 Å². The average molecular weight is 254 g/mol. The van der Waals surface area contributed by atoms with Crippen LogP contribution in [0.1, 0.15) is 11.3 Å². The Bertz CT molecular complexity index is 588. The number of nitrogens with one attached hydrogen (secondary N) is 1. The number of aromatic nitrogens is 1. The summed E-state index contributed by atoms with van der Waals surface area (Å²) in [5.74, 6) is 0. The SMILES string of the molecule is CN(C)c1ccc(NCc2cc(C#N)n(C)c2)cc1. The summed E-state index contributed by atoms with van der Waals surface area (Å²) in [4.78, 5) is 2.07. The monoisotopic (exact) mass is 254 g/mol. The molecular weight excluding hydrogens is 236 g/mol. The molecule has 4 heteroatoms. The normalized spacial score (nSPS) is 10.0. The van der Waals surface area contributed by atoms with Gasteiger partial charge in [-0.25, -0.2) is 0 Å². The van der Waals surface area contributed by atoms with E-state index in [1.54, 1.807) is 0 Å². The second kappa shape index (κ2) is 5.49. The van der Waals surface area contributed by atoms with Gasteiger partial charge in [0.25, 0.3) is 0 Å². The van der Waals surface area contributed by atoms with E-state index in [0.29, 0.717) is 5.69 Å². The van der Waals surface area contributed by atoms with E-state index in [1.165, 1.54) is 5.69 Å². The number of anilines is 2. The van der Waals surface area contributed by atoms with Crippen molar-refractivity contribution in [3.63, 3.8) is 0 Å². The van der Waals surface area contributed by atoms with Gasteiger partial charge in [0.15, 0.2) is 0 Å². The van der Waals surface area contributed by atoms with Gasteiger partial charge in [0, 0.05) is 45.3 Å². The lowest BCUT2D eigenvalue weighted by atomic mass is 10.2. The Hall–Kier alpha value is -2.41. The van der Waals surface area contributed by atoms with Gasteiger partial charge in [-0.1, -0.05) is 0 Å². The van der Waals surface area contributed by atoms with E-state index in [9.17, 15) is 0 Å². The maximum absolute atomic E-state index is 8.90. The molecule has 2 aromatic rings. The van der Waals surface area contributed by atoms with Gasteiger partial charge in [-0.2, -0.15) is 5.26 Å². The van der Waals surface area contributed by atoms with Gasteiger partial charge in [-0.15, -0.1) is 0 Å². The van der Waals surface area contributed by atoms with E-state index in [-0.39, 0.29) is 0 Å². The van der Waals surface area contributed by atoms with E-state index in [2.05, 4.69) is 40.6 Å². The van der Waals surface area contributed by atoms with Crippen LogP contribution in [0.2, 0.25) is 0 Å². The molecule has 2 rings (SSSR count). The van der Waals surface area contributed by atoms with Crippen LogP contribution in [0, 0.1) is 11.3 Å². The Morgan fingerprint density at radius 2 is 1.95 bits per heavy atom. The van der Waals surface area contributed by atoms with Crippen LogP contribution in [0.15, 0.2) is 36.5 Å². The summed E-state index contributed by atoms with van der Waals surface area (Å²) in [6, 6.07) is 12.3. The summed E-state index contributed by atoms with van der Waals surface area (Å²) in [6.45, 7) is 0.719. The number of nitrogens with zero attached hydrogens (tertiary/aromatic N) is 3. The first kappa shape index (κ1) is 13.0. The zero-order chi connectivity index (χ0) is 13.8. The molecule has 1 aromatic carbocycles.